The first-order chi connectivity index (χ1) is 13.7. The maximum Gasteiger partial charge on any atom is 0.220 e. The molecule has 0 saturated carbocycles. The molecule has 0 saturated heterocycles. The molecule has 0 unspecified atom stereocenters. The van der Waals surface area contributed by atoms with Gasteiger partial charge in [0.2, 0.25) is 5.91 Å². The monoisotopic (exact) mass is 379 g/mol. The Hall–Kier alpha value is -2.82. The van der Waals surface area contributed by atoms with Crippen molar-refractivity contribution in [3.63, 3.8) is 0 Å². The molecular weight excluding hydrogens is 354 g/mol. The van der Waals surface area contributed by atoms with Crippen LogP contribution in [0, 0.1) is 0 Å². The number of aryl methyl sites for hydroxylation is 2. The van der Waals surface area contributed by atoms with Crippen molar-refractivity contribution in [2.45, 2.75) is 44.6 Å². The van der Waals surface area contributed by atoms with Gasteiger partial charge in [0.1, 0.15) is 12.7 Å². The van der Waals surface area contributed by atoms with Crippen LogP contribution in [0.15, 0.2) is 42.5 Å². The third kappa shape index (κ3) is 4.35. The number of benzene rings is 2. The Morgan fingerprint density at radius 2 is 1.75 bits per heavy atom. The molecule has 4 rings (SSSR count). The number of hydrogen-bond donors (Lipinski definition) is 1. The number of amides is 1. The van der Waals surface area contributed by atoms with Crippen LogP contribution in [-0.2, 0) is 17.6 Å². The Morgan fingerprint density at radius 1 is 0.964 bits per heavy atom. The average molecular weight is 379 g/mol. The molecule has 1 heterocycles. The third-order valence-electron chi connectivity index (χ3n) is 5.34. The number of ether oxygens (including phenoxy) is 2. The van der Waals surface area contributed by atoms with Gasteiger partial charge >= 0.3 is 0 Å². The van der Waals surface area contributed by atoms with Crippen LogP contribution in [-0.4, -0.2) is 30.9 Å². The van der Waals surface area contributed by atoms with Gasteiger partial charge in [-0.25, -0.2) is 0 Å². The van der Waals surface area contributed by atoms with Crippen LogP contribution in [0.3, 0.4) is 0 Å². The van der Waals surface area contributed by atoms with E-state index in [1.807, 2.05) is 36.4 Å². The molecule has 1 aliphatic carbocycles. The maximum atomic E-state index is 12.5. The third-order valence-corrected chi connectivity index (χ3v) is 5.34. The molecule has 5 heteroatoms. The second kappa shape index (κ2) is 8.46. The lowest BCUT2D eigenvalue weighted by molar-refractivity contribution is -0.121. The zero-order valence-electron chi connectivity index (χ0n) is 15.9. The van der Waals surface area contributed by atoms with Gasteiger partial charge in [0, 0.05) is 18.4 Å². The number of para-hydroxylation sites is 2. The van der Waals surface area contributed by atoms with Gasteiger partial charge in [0.15, 0.2) is 17.3 Å². The highest BCUT2D eigenvalue weighted by Gasteiger charge is 2.21. The second-order valence-electron chi connectivity index (χ2n) is 7.42. The largest absolute Gasteiger partial charge is 0.486 e. The highest BCUT2D eigenvalue weighted by atomic mass is 16.6. The molecule has 0 radical (unpaired) electrons. The Labute approximate surface area is 165 Å². The predicted octanol–water partition coefficient (Wildman–Crippen LogP) is 3.48. The molecule has 28 heavy (non-hydrogen) atoms. The number of rotatable bonds is 6. The van der Waals surface area contributed by atoms with Crippen molar-refractivity contribution < 1.29 is 19.1 Å². The van der Waals surface area contributed by atoms with E-state index in [0.717, 1.165) is 18.6 Å². The van der Waals surface area contributed by atoms with E-state index in [1.165, 1.54) is 24.0 Å². The van der Waals surface area contributed by atoms with Crippen LogP contribution in [0.1, 0.15) is 47.2 Å². The van der Waals surface area contributed by atoms with Crippen LogP contribution >= 0.6 is 0 Å². The molecule has 1 N–H and O–H groups in total. The number of ketones is 1. The van der Waals surface area contributed by atoms with Gasteiger partial charge in [-0.15, -0.1) is 0 Å². The molecule has 1 atom stereocenters. The lowest BCUT2D eigenvalue weighted by Gasteiger charge is -2.26. The zero-order chi connectivity index (χ0) is 19.3. The number of hydrogen-bond acceptors (Lipinski definition) is 4. The molecular formula is C23H25NO4. The van der Waals surface area contributed by atoms with E-state index in [4.69, 9.17) is 9.47 Å². The molecule has 0 bridgehead atoms. The van der Waals surface area contributed by atoms with Crippen molar-refractivity contribution in [2.75, 3.05) is 13.2 Å². The fraction of sp³-hybridized carbons (Fsp3) is 0.391. The molecule has 146 valence electrons. The summed E-state index contributed by atoms with van der Waals surface area (Å²) in [5.41, 5.74) is 3.36. The fourth-order valence-electron chi connectivity index (χ4n) is 3.76. The first kappa shape index (κ1) is 18.5. The zero-order valence-corrected chi connectivity index (χ0v) is 15.9. The molecule has 2 aliphatic rings. The Bertz CT molecular complexity index is 877. The van der Waals surface area contributed by atoms with Gasteiger partial charge in [-0.2, -0.15) is 0 Å². The molecule has 1 amide bonds. The van der Waals surface area contributed by atoms with Crippen molar-refractivity contribution in [3.8, 4) is 11.5 Å². The summed E-state index contributed by atoms with van der Waals surface area (Å²) in [5, 5.41) is 2.84. The predicted molar refractivity (Wildman–Crippen MR) is 106 cm³/mol. The van der Waals surface area contributed by atoms with E-state index >= 15 is 0 Å². The summed E-state index contributed by atoms with van der Waals surface area (Å²) in [6, 6.07) is 13.5. The van der Waals surface area contributed by atoms with Crippen molar-refractivity contribution in [1.29, 1.82) is 0 Å². The second-order valence-corrected chi connectivity index (χ2v) is 7.42. The van der Waals surface area contributed by atoms with Crippen LogP contribution in [0.5, 0.6) is 11.5 Å². The van der Waals surface area contributed by atoms with E-state index in [-0.39, 0.29) is 30.6 Å². The van der Waals surface area contributed by atoms with Crippen molar-refractivity contribution in [3.05, 3.63) is 59.2 Å². The van der Waals surface area contributed by atoms with Gasteiger partial charge < -0.3 is 14.8 Å². The first-order valence-corrected chi connectivity index (χ1v) is 9.99. The minimum Gasteiger partial charge on any atom is -0.486 e. The lowest BCUT2D eigenvalue weighted by Crippen LogP contribution is -2.40. The number of Topliss-reactive ketones (excluding diaryl/α,β-unsaturated/α-hetero) is 1. The topological polar surface area (TPSA) is 64.6 Å². The average Bonchev–Trinajstić information content (AvgIpc) is 2.75. The summed E-state index contributed by atoms with van der Waals surface area (Å²) in [6.45, 7) is 0.756. The SMILES string of the molecule is O=C(CCC(=O)c1ccc2c(c1)CCCC2)NC[C@@H]1COc2ccccc2O1. The highest BCUT2D eigenvalue weighted by Crippen LogP contribution is 2.30. The quantitative estimate of drug-likeness (QED) is 0.781. The smallest absolute Gasteiger partial charge is 0.220 e. The van der Waals surface area contributed by atoms with Crippen molar-refractivity contribution in [2.24, 2.45) is 0 Å². The van der Waals surface area contributed by atoms with Crippen LogP contribution in [0.2, 0.25) is 0 Å². The van der Waals surface area contributed by atoms with E-state index in [0.29, 0.717) is 24.5 Å². The van der Waals surface area contributed by atoms with Crippen molar-refractivity contribution in [1.82, 2.24) is 5.32 Å². The van der Waals surface area contributed by atoms with Crippen molar-refractivity contribution >= 4 is 11.7 Å². The summed E-state index contributed by atoms with van der Waals surface area (Å²) < 4.78 is 11.5. The fourth-order valence-corrected chi connectivity index (χ4v) is 3.76. The molecule has 0 aromatic heterocycles. The summed E-state index contributed by atoms with van der Waals surface area (Å²) in [4.78, 5) is 24.6. The molecule has 2 aromatic rings. The summed E-state index contributed by atoms with van der Waals surface area (Å²) in [5.74, 6) is 1.29. The van der Waals surface area contributed by atoms with Gasteiger partial charge in [-0.3, -0.25) is 9.59 Å². The minimum atomic E-state index is -0.227. The van der Waals surface area contributed by atoms with Crippen LogP contribution in [0.25, 0.3) is 0 Å². The maximum absolute atomic E-state index is 12.5. The van der Waals surface area contributed by atoms with Crippen LogP contribution in [0.4, 0.5) is 0 Å². The van der Waals surface area contributed by atoms with Gasteiger partial charge in [-0.1, -0.05) is 24.3 Å². The Kier molecular flexibility index (Phi) is 5.60. The van der Waals surface area contributed by atoms with E-state index in [1.54, 1.807) is 0 Å². The molecule has 2 aromatic carbocycles. The number of carbonyl (C=O) groups is 2. The number of fused-ring (bicyclic) bond motifs is 2. The normalized spacial score (nSPS) is 17.5. The standard InChI is InChI=1S/C23H25NO4/c25-20(18-10-9-16-5-1-2-6-17(16)13-18)11-12-23(26)24-14-19-15-27-21-7-3-4-8-22(21)28-19/h3-4,7-10,13,19H,1-2,5-6,11-12,14-15H2,(H,24,26)/t19-/m1/s1. The van der Waals surface area contributed by atoms with Gasteiger partial charge in [0.25, 0.3) is 0 Å². The Morgan fingerprint density at radius 3 is 2.61 bits per heavy atom. The molecule has 0 spiro atoms. The summed E-state index contributed by atoms with van der Waals surface area (Å²) in [7, 11) is 0. The molecule has 5 nitrogen and oxygen atoms in total. The molecule has 0 fully saturated rings. The van der Waals surface area contributed by atoms with E-state index < -0.39 is 0 Å². The molecule has 1 aliphatic heterocycles. The highest BCUT2D eigenvalue weighted by molar-refractivity contribution is 5.98. The number of carbonyl (C=O) groups excluding carboxylic acids is 2. The van der Waals surface area contributed by atoms with E-state index in [2.05, 4.69) is 11.4 Å². The van der Waals surface area contributed by atoms with Crippen LogP contribution < -0.4 is 14.8 Å². The van der Waals surface area contributed by atoms with Gasteiger partial charge in [-0.05, 0) is 55.0 Å². The van der Waals surface area contributed by atoms with Gasteiger partial charge in [0.05, 0.1) is 6.54 Å². The lowest BCUT2D eigenvalue weighted by atomic mass is 9.89. The minimum absolute atomic E-state index is 0.0229. The number of nitrogens with one attached hydrogen (secondary N) is 1. The Balaban J connectivity index is 1.23. The summed E-state index contributed by atoms with van der Waals surface area (Å²) in [6.07, 6.45) is 4.73. The van der Waals surface area contributed by atoms with E-state index in [9.17, 15) is 9.59 Å². The summed E-state index contributed by atoms with van der Waals surface area (Å²) >= 11 is 0. The first-order valence-electron chi connectivity index (χ1n) is 9.99.